The molecule has 0 saturated heterocycles. The second-order valence-corrected chi connectivity index (χ2v) is 14.4. The van der Waals surface area contributed by atoms with Gasteiger partial charge in [-0.05, 0) is 77.8 Å². The molecule has 1 radical (unpaired) electrons. The fourth-order valence-corrected chi connectivity index (χ4v) is 6.11. The van der Waals surface area contributed by atoms with Gasteiger partial charge in [-0.2, -0.15) is 0 Å². The Kier molecular flexibility index (Phi) is 9.83. The molecule has 47 heavy (non-hydrogen) atoms. The van der Waals surface area contributed by atoms with Gasteiger partial charge in [0.2, 0.25) is 0 Å². The van der Waals surface area contributed by atoms with Gasteiger partial charge in [0, 0.05) is 32.5 Å². The van der Waals surface area contributed by atoms with Crippen LogP contribution < -0.4 is 0 Å². The van der Waals surface area contributed by atoms with Gasteiger partial charge in [-0.3, -0.25) is 0 Å². The van der Waals surface area contributed by atoms with Crippen molar-refractivity contribution >= 4 is 32.3 Å². The minimum atomic E-state index is 0. The maximum atomic E-state index is 4.74. The molecule has 0 spiro atoms. The number of benzene rings is 5. The standard InChI is InChI=1S/C29H26N.C15H16N.Ir/c1-18-14-19(2)16-21(15-18)28-27-11-10-24-23-9-7-22(29(3,4)5)17-20(23)6-8-25(24)26(27)12-13-30-28;1-15(2,3)13-9-10-16-14(11-13)12-7-5-4-6-8-12;/h6-15,17H,1-5H3;4-7,9-11H,1-3H3;/q2*-1;. The number of fused-ring (bicyclic) bond motifs is 5. The van der Waals surface area contributed by atoms with E-state index in [-0.39, 0.29) is 30.9 Å². The topological polar surface area (TPSA) is 25.8 Å². The first kappa shape index (κ1) is 34.2. The van der Waals surface area contributed by atoms with Crippen molar-refractivity contribution < 1.29 is 20.1 Å². The van der Waals surface area contributed by atoms with Gasteiger partial charge in [-0.15, -0.1) is 70.8 Å². The van der Waals surface area contributed by atoms with E-state index in [1.54, 1.807) is 0 Å². The van der Waals surface area contributed by atoms with Crippen LogP contribution in [0, 0.1) is 26.0 Å². The summed E-state index contributed by atoms with van der Waals surface area (Å²) in [6.45, 7) is 17.6. The molecule has 0 saturated carbocycles. The molecule has 0 aliphatic heterocycles. The minimum absolute atomic E-state index is 0. The normalized spacial score (nSPS) is 11.7. The van der Waals surface area contributed by atoms with Crippen molar-refractivity contribution in [1.29, 1.82) is 0 Å². The Balaban J connectivity index is 0.000000217. The zero-order valence-corrected chi connectivity index (χ0v) is 31.0. The zero-order chi connectivity index (χ0) is 32.6. The van der Waals surface area contributed by atoms with Crippen LogP contribution in [0.5, 0.6) is 0 Å². The summed E-state index contributed by atoms with van der Waals surface area (Å²) in [4.78, 5) is 9.13. The van der Waals surface area contributed by atoms with E-state index >= 15 is 0 Å². The van der Waals surface area contributed by atoms with Crippen molar-refractivity contribution in [1.82, 2.24) is 9.97 Å². The molecule has 0 N–H and O–H groups in total. The Hall–Kier alpha value is -4.17. The van der Waals surface area contributed by atoms with Crippen molar-refractivity contribution in [3.05, 3.63) is 144 Å². The number of aryl methyl sites for hydroxylation is 2. The van der Waals surface area contributed by atoms with Crippen LogP contribution in [-0.4, -0.2) is 9.97 Å². The number of hydrogen-bond acceptors (Lipinski definition) is 2. The van der Waals surface area contributed by atoms with Crippen LogP contribution in [0.4, 0.5) is 0 Å². The van der Waals surface area contributed by atoms with Gasteiger partial charge >= 0.3 is 0 Å². The van der Waals surface area contributed by atoms with Gasteiger partial charge in [0.15, 0.2) is 0 Å². The van der Waals surface area contributed by atoms with Crippen LogP contribution >= 0.6 is 0 Å². The van der Waals surface area contributed by atoms with Crippen LogP contribution in [0.2, 0.25) is 0 Å². The molecule has 2 aromatic heterocycles. The summed E-state index contributed by atoms with van der Waals surface area (Å²) in [6, 6.07) is 41.2. The average molecular weight is 791 g/mol. The monoisotopic (exact) mass is 791 g/mol. The largest absolute Gasteiger partial charge is 0.305 e. The molecule has 239 valence electrons. The molecule has 0 aliphatic carbocycles. The Morgan fingerprint density at radius 2 is 1.19 bits per heavy atom. The van der Waals surface area contributed by atoms with Crippen molar-refractivity contribution in [2.24, 2.45) is 0 Å². The predicted octanol–water partition coefficient (Wildman–Crippen LogP) is 11.8. The number of hydrogen-bond donors (Lipinski definition) is 0. The molecule has 0 unspecified atom stereocenters. The molecule has 2 nitrogen and oxygen atoms in total. The van der Waals surface area contributed by atoms with E-state index in [4.69, 9.17) is 4.98 Å². The molecule has 0 bridgehead atoms. The van der Waals surface area contributed by atoms with Crippen LogP contribution in [-0.2, 0) is 30.9 Å². The maximum Gasteiger partial charge on any atom is 0.0167 e. The van der Waals surface area contributed by atoms with E-state index in [0.717, 1.165) is 28.1 Å². The number of pyridine rings is 2. The van der Waals surface area contributed by atoms with Crippen molar-refractivity contribution in [3.63, 3.8) is 0 Å². The molecule has 5 aromatic carbocycles. The SMILES string of the molecule is CC(C)(C)c1ccnc(-c2[c-]cccc2)c1.Cc1[c-]c(-c2nccc3c2ccc2c4ccc(C(C)(C)C)cc4ccc32)cc(C)c1.[Ir]. The second-order valence-electron chi connectivity index (χ2n) is 14.4. The first-order chi connectivity index (χ1) is 21.9. The third-order valence-corrected chi connectivity index (χ3v) is 8.64. The molecule has 0 atom stereocenters. The van der Waals surface area contributed by atoms with Crippen molar-refractivity contribution in [2.75, 3.05) is 0 Å². The van der Waals surface area contributed by atoms with E-state index in [1.165, 1.54) is 49.0 Å². The predicted molar refractivity (Wildman–Crippen MR) is 196 cm³/mol. The van der Waals surface area contributed by atoms with Crippen molar-refractivity contribution in [2.45, 2.75) is 66.2 Å². The maximum absolute atomic E-state index is 4.74. The van der Waals surface area contributed by atoms with E-state index in [0.29, 0.717) is 0 Å². The zero-order valence-electron chi connectivity index (χ0n) is 28.6. The summed E-state index contributed by atoms with van der Waals surface area (Å²) in [5.41, 5.74) is 9.47. The molecule has 2 heterocycles. The first-order valence-corrected chi connectivity index (χ1v) is 16.1. The Bertz CT molecular complexity index is 2160. The van der Waals surface area contributed by atoms with E-state index in [1.807, 2.05) is 36.7 Å². The van der Waals surface area contributed by atoms with Crippen LogP contribution in [0.15, 0.2) is 109 Å². The fourth-order valence-electron chi connectivity index (χ4n) is 6.11. The van der Waals surface area contributed by atoms with Crippen LogP contribution in [0.1, 0.15) is 63.8 Å². The smallest absolute Gasteiger partial charge is 0.0167 e. The third-order valence-electron chi connectivity index (χ3n) is 8.64. The van der Waals surface area contributed by atoms with Gasteiger partial charge in [0.25, 0.3) is 0 Å². The molecular formula is C44H42IrN2-2. The Labute approximate surface area is 293 Å². The summed E-state index contributed by atoms with van der Waals surface area (Å²) in [5, 5.41) is 7.59. The quantitative estimate of drug-likeness (QED) is 0.129. The number of nitrogens with zero attached hydrogens (tertiary/aromatic N) is 2. The summed E-state index contributed by atoms with van der Waals surface area (Å²) >= 11 is 0. The van der Waals surface area contributed by atoms with E-state index < -0.39 is 0 Å². The Morgan fingerprint density at radius 3 is 1.89 bits per heavy atom. The molecule has 0 aliphatic rings. The minimum Gasteiger partial charge on any atom is -0.305 e. The van der Waals surface area contributed by atoms with Gasteiger partial charge < -0.3 is 9.97 Å². The van der Waals surface area contributed by atoms with Crippen LogP contribution in [0.3, 0.4) is 0 Å². The summed E-state index contributed by atoms with van der Waals surface area (Å²) in [6.07, 6.45) is 3.80. The first-order valence-electron chi connectivity index (χ1n) is 16.1. The second kappa shape index (κ2) is 13.5. The fraction of sp³-hybridized carbons (Fsp3) is 0.227. The molecule has 7 rings (SSSR count). The summed E-state index contributed by atoms with van der Waals surface area (Å²) in [5.74, 6) is 0. The molecule has 7 aromatic rings. The van der Waals surface area contributed by atoms with Crippen LogP contribution in [0.25, 0.3) is 54.8 Å². The Morgan fingerprint density at radius 1 is 0.553 bits per heavy atom. The third kappa shape index (κ3) is 7.38. The van der Waals surface area contributed by atoms with Gasteiger partial charge in [0.1, 0.15) is 0 Å². The molecule has 0 amide bonds. The van der Waals surface area contributed by atoms with Crippen molar-refractivity contribution in [3.8, 4) is 22.5 Å². The van der Waals surface area contributed by atoms with Gasteiger partial charge in [0.05, 0.1) is 0 Å². The van der Waals surface area contributed by atoms with Gasteiger partial charge in [-0.25, -0.2) is 0 Å². The van der Waals surface area contributed by atoms with E-state index in [2.05, 4.69) is 145 Å². The molecule has 0 fully saturated rings. The average Bonchev–Trinajstić information content (AvgIpc) is 3.03. The summed E-state index contributed by atoms with van der Waals surface area (Å²) < 4.78 is 0. The number of rotatable bonds is 2. The molecular weight excluding hydrogens is 749 g/mol. The summed E-state index contributed by atoms with van der Waals surface area (Å²) in [7, 11) is 0. The number of aromatic nitrogens is 2. The molecule has 3 heteroatoms. The van der Waals surface area contributed by atoms with Gasteiger partial charge in [-0.1, -0.05) is 104 Å². The van der Waals surface area contributed by atoms with E-state index in [9.17, 15) is 0 Å².